The molecular formula is C25H24F3N3O3S. The Morgan fingerprint density at radius 1 is 1.06 bits per heavy atom. The van der Waals surface area contributed by atoms with Crippen molar-refractivity contribution < 1.29 is 28.2 Å². The summed E-state index contributed by atoms with van der Waals surface area (Å²) < 4.78 is 41.4. The molecule has 5 rings (SSSR count). The first-order valence-electron chi connectivity index (χ1n) is 11.2. The van der Waals surface area contributed by atoms with Gasteiger partial charge in [0.05, 0.1) is 12.7 Å². The molecule has 0 spiro atoms. The number of fused-ring (bicyclic) bond motifs is 3. The number of carbonyl (C=O) groups is 1. The molecule has 1 unspecified atom stereocenters. The Morgan fingerprint density at radius 2 is 1.69 bits per heavy atom. The number of benzene rings is 2. The molecule has 2 N–H and O–H groups in total. The third-order valence-corrected chi connectivity index (χ3v) is 7.92. The van der Waals surface area contributed by atoms with E-state index in [0.29, 0.717) is 4.90 Å². The van der Waals surface area contributed by atoms with Gasteiger partial charge in [-0.1, -0.05) is 42.5 Å². The van der Waals surface area contributed by atoms with Crippen LogP contribution >= 0.6 is 11.8 Å². The van der Waals surface area contributed by atoms with E-state index in [9.17, 15) is 28.2 Å². The summed E-state index contributed by atoms with van der Waals surface area (Å²) in [4.78, 5) is 14.9. The fourth-order valence-corrected chi connectivity index (χ4v) is 6.00. The number of amides is 1. The first-order chi connectivity index (χ1) is 16.6. The Hall–Kier alpha value is -2.95. The van der Waals surface area contributed by atoms with Crippen molar-refractivity contribution in [1.29, 1.82) is 0 Å². The molecular weight excluding hydrogens is 479 g/mol. The number of hydrogen-bond donors (Lipinski definition) is 2. The second-order valence-corrected chi connectivity index (χ2v) is 10.2. The molecule has 3 heterocycles. The Labute approximate surface area is 204 Å². The number of thioether (sulfide) groups is 1. The number of rotatable bonds is 2. The summed E-state index contributed by atoms with van der Waals surface area (Å²) in [5.74, 6) is -1.68. The molecule has 0 radical (unpaired) electrons. The lowest BCUT2D eigenvalue weighted by Crippen LogP contribution is -2.62. The van der Waals surface area contributed by atoms with Crippen molar-refractivity contribution in [3.63, 3.8) is 0 Å². The van der Waals surface area contributed by atoms with E-state index < -0.39 is 36.0 Å². The van der Waals surface area contributed by atoms with Gasteiger partial charge < -0.3 is 15.1 Å². The summed E-state index contributed by atoms with van der Waals surface area (Å²) in [6.45, 7) is 2.63. The number of alkyl halides is 3. The molecule has 184 valence electrons. The fourth-order valence-electron chi connectivity index (χ4n) is 4.80. The zero-order chi connectivity index (χ0) is 25.1. The number of aliphatic hydroxyl groups excluding tert-OH is 2. The molecule has 6 nitrogen and oxygen atoms in total. The van der Waals surface area contributed by atoms with Gasteiger partial charge in [-0.25, -0.2) is 0 Å². The number of halogens is 3. The standard InChI is InChI=1S/C25H24F3N3O3S/c1-14-16-7-3-4-8-17(16)21(18-9-5-6-10-20(18)35-14)31-13-29(15(2)25(26,27)28)24(34)22-23(33)19(32)11-12-30(22)31/h3-12,14-15,19,21,32-33H,13H2,1-2H3/t14-,15-,19?,21+/m1/s1. The SMILES string of the molecule is C[C@H]1Sc2ccccc2[C@@H](N2CN([C@H](C)C(F)(F)F)C(=O)C3=C(O)C(O)C=CN32)c2ccccc21. The molecule has 2 aromatic carbocycles. The normalized spacial score (nSPS) is 25.7. The van der Waals surface area contributed by atoms with Crippen molar-refractivity contribution >= 4 is 17.7 Å². The molecule has 3 aliphatic rings. The molecule has 1 amide bonds. The van der Waals surface area contributed by atoms with E-state index >= 15 is 0 Å². The van der Waals surface area contributed by atoms with Crippen LogP contribution in [-0.2, 0) is 4.79 Å². The summed E-state index contributed by atoms with van der Waals surface area (Å²) in [6.07, 6.45) is -3.43. The molecule has 1 saturated heterocycles. The van der Waals surface area contributed by atoms with Crippen LogP contribution in [0.4, 0.5) is 13.2 Å². The first-order valence-corrected chi connectivity index (χ1v) is 12.0. The van der Waals surface area contributed by atoms with Crippen LogP contribution in [0.2, 0.25) is 0 Å². The molecule has 0 saturated carbocycles. The number of nitrogens with zero attached hydrogens (tertiary/aromatic N) is 3. The van der Waals surface area contributed by atoms with Crippen LogP contribution in [0.1, 0.15) is 41.8 Å². The minimum absolute atomic E-state index is 0.0797. The second kappa shape index (κ2) is 8.61. The average molecular weight is 504 g/mol. The minimum Gasteiger partial charge on any atom is -0.507 e. The fraction of sp³-hybridized carbons (Fsp3) is 0.320. The van der Waals surface area contributed by atoms with Crippen LogP contribution in [0.5, 0.6) is 0 Å². The van der Waals surface area contributed by atoms with Gasteiger partial charge in [0, 0.05) is 16.3 Å². The molecule has 0 bridgehead atoms. The van der Waals surface area contributed by atoms with Gasteiger partial charge in [0.1, 0.15) is 12.1 Å². The molecule has 0 aromatic heterocycles. The van der Waals surface area contributed by atoms with Crippen molar-refractivity contribution in [2.45, 2.75) is 48.4 Å². The van der Waals surface area contributed by atoms with Gasteiger partial charge in [-0.05, 0) is 42.7 Å². The highest BCUT2D eigenvalue weighted by molar-refractivity contribution is 7.99. The van der Waals surface area contributed by atoms with E-state index in [0.717, 1.165) is 28.5 Å². The summed E-state index contributed by atoms with van der Waals surface area (Å²) in [5, 5.41) is 23.9. The number of carbonyl (C=O) groups excluding carboxylic acids is 1. The van der Waals surface area contributed by atoms with Gasteiger partial charge in [0.15, 0.2) is 11.5 Å². The third kappa shape index (κ3) is 3.89. The van der Waals surface area contributed by atoms with Crippen LogP contribution in [0.25, 0.3) is 0 Å². The van der Waals surface area contributed by atoms with Crippen LogP contribution in [0.15, 0.2) is 77.2 Å². The first kappa shape index (κ1) is 23.8. The van der Waals surface area contributed by atoms with E-state index in [2.05, 4.69) is 6.92 Å². The highest BCUT2D eigenvalue weighted by Crippen LogP contribution is 2.49. The monoisotopic (exact) mass is 503 g/mol. The van der Waals surface area contributed by atoms with E-state index in [4.69, 9.17) is 0 Å². The Kier molecular flexibility index (Phi) is 5.85. The molecule has 10 heteroatoms. The summed E-state index contributed by atoms with van der Waals surface area (Å²) in [7, 11) is 0. The average Bonchev–Trinajstić information content (AvgIpc) is 2.94. The maximum Gasteiger partial charge on any atom is 0.408 e. The number of aliphatic hydroxyl groups is 2. The largest absolute Gasteiger partial charge is 0.507 e. The Balaban J connectivity index is 1.73. The maximum absolute atomic E-state index is 13.8. The second-order valence-electron chi connectivity index (χ2n) is 8.77. The number of hydrazine groups is 1. The molecule has 1 fully saturated rings. The predicted octanol–water partition coefficient (Wildman–Crippen LogP) is 4.87. The van der Waals surface area contributed by atoms with Crippen LogP contribution in [-0.4, -0.2) is 56.0 Å². The summed E-state index contributed by atoms with van der Waals surface area (Å²) >= 11 is 1.66. The van der Waals surface area contributed by atoms with E-state index in [1.54, 1.807) is 16.8 Å². The lowest BCUT2D eigenvalue weighted by atomic mass is 9.92. The van der Waals surface area contributed by atoms with Gasteiger partial charge in [-0.3, -0.25) is 9.80 Å². The van der Waals surface area contributed by atoms with Gasteiger partial charge in [0.25, 0.3) is 5.91 Å². The van der Waals surface area contributed by atoms with Crippen molar-refractivity contribution in [2.75, 3.05) is 6.67 Å². The Morgan fingerprint density at radius 3 is 2.37 bits per heavy atom. The third-order valence-electron chi connectivity index (χ3n) is 6.68. The van der Waals surface area contributed by atoms with Crippen molar-refractivity contribution in [2.24, 2.45) is 0 Å². The smallest absolute Gasteiger partial charge is 0.408 e. The van der Waals surface area contributed by atoms with E-state index in [-0.39, 0.29) is 17.6 Å². The summed E-state index contributed by atoms with van der Waals surface area (Å²) in [5.41, 5.74) is 2.41. The minimum atomic E-state index is -4.67. The van der Waals surface area contributed by atoms with Crippen molar-refractivity contribution in [3.8, 4) is 0 Å². The van der Waals surface area contributed by atoms with Crippen LogP contribution in [0.3, 0.4) is 0 Å². The van der Waals surface area contributed by atoms with Gasteiger partial charge in [-0.2, -0.15) is 18.2 Å². The zero-order valence-electron chi connectivity index (χ0n) is 19.0. The zero-order valence-corrected chi connectivity index (χ0v) is 19.8. The van der Waals surface area contributed by atoms with Crippen LogP contribution < -0.4 is 0 Å². The van der Waals surface area contributed by atoms with Gasteiger partial charge >= 0.3 is 6.18 Å². The summed E-state index contributed by atoms with van der Waals surface area (Å²) in [6, 6.07) is 12.8. The van der Waals surface area contributed by atoms with Crippen LogP contribution in [0, 0.1) is 0 Å². The Bertz CT molecular complexity index is 1230. The van der Waals surface area contributed by atoms with E-state index in [1.165, 1.54) is 17.3 Å². The highest BCUT2D eigenvalue weighted by Gasteiger charge is 2.50. The molecule has 0 aliphatic carbocycles. The molecule has 4 atom stereocenters. The molecule has 35 heavy (non-hydrogen) atoms. The maximum atomic E-state index is 13.8. The lowest BCUT2D eigenvalue weighted by Gasteiger charge is -2.50. The topological polar surface area (TPSA) is 67.2 Å². The predicted molar refractivity (Wildman–Crippen MR) is 125 cm³/mol. The number of hydrogen-bond acceptors (Lipinski definition) is 6. The lowest BCUT2D eigenvalue weighted by molar-refractivity contribution is -0.204. The van der Waals surface area contributed by atoms with Gasteiger partial charge in [0.2, 0.25) is 0 Å². The van der Waals surface area contributed by atoms with Crippen molar-refractivity contribution in [1.82, 2.24) is 14.9 Å². The molecule has 2 aromatic rings. The highest BCUT2D eigenvalue weighted by atomic mass is 32.2. The molecule has 3 aliphatic heterocycles. The van der Waals surface area contributed by atoms with E-state index in [1.807, 2.05) is 48.5 Å². The quantitative estimate of drug-likeness (QED) is 0.610. The van der Waals surface area contributed by atoms with Gasteiger partial charge in [-0.15, -0.1) is 11.8 Å². The van der Waals surface area contributed by atoms with Crippen molar-refractivity contribution in [3.05, 3.63) is 89.0 Å².